The number of methoxy groups -OCH3 is 1. The lowest BCUT2D eigenvalue weighted by atomic mass is 10.2. The van der Waals surface area contributed by atoms with Crippen LogP contribution in [0.15, 0.2) is 42.6 Å². The van der Waals surface area contributed by atoms with Gasteiger partial charge in [-0.25, -0.2) is 9.78 Å². The van der Waals surface area contributed by atoms with E-state index in [9.17, 15) is 9.59 Å². The number of aromatic nitrogens is 2. The molecule has 0 saturated heterocycles. The Balaban J connectivity index is 1.70. The lowest BCUT2D eigenvalue weighted by Gasteiger charge is -2.15. The van der Waals surface area contributed by atoms with E-state index < -0.39 is 18.0 Å². The van der Waals surface area contributed by atoms with Gasteiger partial charge in [-0.15, -0.1) is 11.3 Å². The van der Waals surface area contributed by atoms with Crippen molar-refractivity contribution in [3.05, 3.63) is 58.7 Å². The van der Waals surface area contributed by atoms with Gasteiger partial charge in [-0.05, 0) is 50.6 Å². The smallest absolute Gasteiger partial charge is 0.351 e. The molecule has 29 heavy (non-hydrogen) atoms. The van der Waals surface area contributed by atoms with E-state index in [2.05, 4.69) is 15.3 Å². The van der Waals surface area contributed by atoms with E-state index in [0.717, 1.165) is 5.56 Å². The van der Waals surface area contributed by atoms with Gasteiger partial charge in [0.25, 0.3) is 5.91 Å². The summed E-state index contributed by atoms with van der Waals surface area (Å²) < 4.78 is 10.6. The Labute approximate surface area is 172 Å². The minimum atomic E-state index is -0.993. The molecule has 0 bridgehead atoms. The number of benzene rings is 1. The summed E-state index contributed by atoms with van der Waals surface area (Å²) in [7, 11) is 1.52. The molecule has 1 atom stereocenters. The van der Waals surface area contributed by atoms with Gasteiger partial charge in [0.05, 0.1) is 24.2 Å². The topological polar surface area (TPSA) is 90.4 Å². The summed E-state index contributed by atoms with van der Waals surface area (Å²) in [6.07, 6.45) is 0.670. The molecule has 0 aliphatic rings. The van der Waals surface area contributed by atoms with E-state index in [1.807, 2.05) is 31.2 Å². The number of rotatable bonds is 6. The number of amides is 1. The van der Waals surface area contributed by atoms with Gasteiger partial charge in [-0.3, -0.25) is 9.78 Å². The highest BCUT2D eigenvalue weighted by atomic mass is 32.1. The molecule has 1 unspecified atom stereocenters. The maximum Gasteiger partial charge on any atom is 0.351 e. The average molecular weight is 411 g/mol. The number of pyridine rings is 1. The number of nitrogens with one attached hydrogen (secondary N) is 1. The SMILES string of the molecule is COc1ccc(C)cc1NC(=O)C(C)OC(=O)c1sc(-c2ccccn2)nc1C. The maximum absolute atomic E-state index is 12.6. The van der Waals surface area contributed by atoms with E-state index in [1.165, 1.54) is 25.4 Å². The first kappa shape index (κ1) is 20.5. The fourth-order valence-electron chi connectivity index (χ4n) is 2.61. The van der Waals surface area contributed by atoms with Gasteiger partial charge in [0.1, 0.15) is 15.6 Å². The van der Waals surface area contributed by atoms with Crippen LogP contribution in [0, 0.1) is 13.8 Å². The van der Waals surface area contributed by atoms with Gasteiger partial charge in [0.2, 0.25) is 0 Å². The zero-order chi connectivity index (χ0) is 21.0. The molecule has 0 aliphatic heterocycles. The highest BCUT2D eigenvalue weighted by Gasteiger charge is 2.24. The number of anilines is 1. The van der Waals surface area contributed by atoms with Crippen LogP contribution >= 0.6 is 11.3 Å². The van der Waals surface area contributed by atoms with Crippen LogP contribution in [-0.2, 0) is 9.53 Å². The summed E-state index contributed by atoms with van der Waals surface area (Å²) in [6.45, 7) is 5.15. The number of ether oxygens (including phenoxy) is 2. The highest BCUT2D eigenvalue weighted by molar-refractivity contribution is 7.17. The van der Waals surface area contributed by atoms with Crippen molar-refractivity contribution in [2.75, 3.05) is 12.4 Å². The highest BCUT2D eigenvalue weighted by Crippen LogP contribution is 2.28. The normalized spacial score (nSPS) is 11.6. The second kappa shape index (κ2) is 8.83. The number of carbonyl (C=O) groups excluding carboxylic acids is 2. The Morgan fingerprint density at radius 2 is 1.97 bits per heavy atom. The summed E-state index contributed by atoms with van der Waals surface area (Å²) >= 11 is 1.19. The van der Waals surface area contributed by atoms with Crippen molar-refractivity contribution in [2.24, 2.45) is 0 Å². The Morgan fingerprint density at radius 3 is 2.66 bits per heavy atom. The van der Waals surface area contributed by atoms with Crippen molar-refractivity contribution < 1.29 is 19.1 Å². The van der Waals surface area contributed by atoms with Crippen molar-refractivity contribution >= 4 is 28.9 Å². The summed E-state index contributed by atoms with van der Waals surface area (Å²) in [4.78, 5) is 34.1. The van der Waals surface area contributed by atoms with Crippen LogP contribution in [0.1, 0.15) is 27.9 Å². The zero-order valence-corrected chi connectivity index (χ0v) is 17.4. The molecule has 150 valence electrons. The van der Waals surface area contributed by atoms with Gasteiger partial charge in [0.15, 0.2) is 6.10 Å². The largest absolute Gasteiger partial charge is 0.495 e. The molecule has 3 aromatic rings. The zero-order valence-electron chi connectivity index (χ0n) is 16.6. The van der Waals surface area contributed by atoms with E-state index >= 15 is 0 Å². The van der Waals surface area contributed by atoms with E-state index in [1.54, 1.807) is 25.3 Å². The number of aryl methyl sites for hydroxylation is 2. The van der Waals surface area contributed by atoms with Gasteiger partial charge in [-0.2, -0.15) is 0 Å². The molecule has 8 heteroatoms. The van der Waals surface area contributed by atoms with Crippen LogP contribution in [0.3, 0.4) is 0 Å². The first-order valence-corrected chi connectivity index (χ1v) is 9.76. The molecular weight excluding hydrogens is 390 g/mol. The lowest BCUT2D eigenvalue weighted by molar-refractivity contribution is -0.123. The molecule has 0 fully saturated rings. The molecule has 0 saturated carbocycles. The lowest BCUT2D eigenvalue weighted by Crippen LogP contribution is -2.30. The minimum Gasteiger partial charge on any atom is -0.495 e. The Bertz CT molecular complexity index is 1030. The Morgan fingerprint density at radius 1 is 1.17 bits per heavy atom. The first-order valence-electron chi connectivity index (χ1n) is 8.94. The first-order chi connectivity index (χ1) is 13.9. The fourth-order valence-corrected chi connectivity index (χ4v) is 3.53. The van der Waals surface area contributed by atoms with Crippen molar-refractivity contribution in [2.45, 2.75) is 26.9 Å². The monoisotopic (exact) mass is 411 g/mol. The van der Waals surface area contributed by atoms with Gasteiger partial charge in [-0.1, -0.05) is 12.1 Å². The van der Waals surface area contributed by atoms with Crippen LogP contribution < -0.4 is 10.1 Å². The average Bonchev–Trinajstić information content (AvgIpc) is 3.10. The predicted octanol–water partition coefficient (Wildman–Crippen LogP) is 4.01. The number of thiazole rings is 1. The summed E-state index contributed by atoms with van der Waals surface area (Å²) in [5.41, 5.74) is 2.70. The fraction of sp³-hybridized carbons (Fsp3) is 0.238. The number of esters is 1. The third kappa shape index (κ3) is 4.78. The summed E-state index contributed by atoms with van der Waals surface area (Å²) in [5.74, 6) is -0.517. The summed E-state index contributed by atoms with van der Waals surface area (Å²) in [6, 6.07) is 10.9. The quantitative estimate of drug-likeness (QED) is 0.616. The van der Waals surface area contributed by atoms with E-state index in [0.29, 0.717) is 32.7 Å². The molecule has 1 amide bonds. The van der Waals surface area contributed by atoms with Crippen LogP contribution in [-0.4, -0.2) is 35.1 Å². The Kier molecular flexibility index (Phi) is 6.23. The number of hydrogen-bond donors (Lipinski definition) is 1. The van der Waals surface area contributed by atoms with Gasteiger partial charge >= 0.3 is 5.97 Å². The third-order valence-corrected chi connectivity index (χ3v) is 5.29. The number of hydrogen-bond acceptors (Lipinski definition) is 7. The molecule has 0 radical (unpaired) electrons. The molecule has 0 spiro atoms. The summed E-state index contributed by atoms with van der Waals surface area (Å²) in [5, 5.41) is 3.36. The number of carbonyl (C=O) groups is 2. The van der Waals surface area contributed by atoms with Gasteiger partial charge in [0, 0.05) is 6.20 Å². The van der Waals surface area contributed by atoms with Gasteiger partial charge < -0.3 is 14.8 Å². The van der Waals surface area contributed by atoms with Crippen LogP contribution in [0.4, 0.5) is 5.69 Å². The molecular formula is C21H21N3O4S. The second-order valence-electron chi connectivity index (χ2n) is 6.39. The molecule has 0 aliphatic carbocycles. The van der Waals surface area contributed by atoms with E-state index in [4.69, 9.17) is 9.47 Å². The third-order valence-electron chi connectivity index (χ3n) is 4.13. The standard InChI is InChI=1S/C21H21N3O4S/c1-12-8-9-17(27-4)16(11-12)24-19(25)14(3)28-21(26)18-13(2)23-20(29-18)15-7-5-6-10-22-15/h5-11,14H,1-4H3,(H,24,25). The Hall–Kier alpha value is -3.26. The molecule has 1 N–H and O–H groups in total. The maximum atomic E-state index is 12.6. The van der Waals surface area contributed by atoms with Crippen molar-refractivity contribution in [3.8, 4) is 16.5 Å². The van der Waals surface area contributed by atoms with E-state index in [-0.39, 0.29) is 0 Å². The van der Waals surface area contributed by atoms with Crippen LogP contribution in [0.5, 0.6) is 5.75 Å². The minimum absolute atomic E-state index is 0.346. The van der Waals surface area contributed by atoms with Crippen molar-refractivity contribution in [1.82, 2.24) is 9.97 Å². The molecule has 2 aromatic heterocycles. The molecule has 3 rings (SSSR count). The predicted molar refractivity (Wildman–Crippen MR) is 111 cm³/mol. The van der Waals surface area contributed by atoms with Crippen LogP contribution in [0.25, 0.3) is 10.7 Å². The second-order valence-corrected chi connectivity index (χ2v) is 7.39. The van der Waals surface area contributed by atoms with Crippen molar-refractivity contribution in [3.63, 3.8) is 0 Å². The molecule has 7 nitrogen and oxygen atoms in total. The van der Waals surface area contributed by atoms with Crippen LogP contribution in [0.2, 0.25) is 0 Å². The molecule has 2 heterocycles. The van der Waals surface area contributed by atoms with Crippen molar-refractivity contribution in [1.29, 1.82) is 0 Å². The number of nitrogens with zero attached hydrogens (tertiary/aromatic N) is 2. The molecule has 1 aromatic carbocycles.